The summed E-state index contributed by atoms with van der Waals surface area (Å²) in [5.74, 6) is 4.75. The normalized spacial score (nSPS) is 35.1. The molecule has 9 atom stereocenters. The maximum absolute atomic E-state index is 12.6. The lowest BCUT2D eigenvalue weighted by Crippen LogP contribution is -2.54. The Morgan fingerprint density at radius 1 is 0.778 bits per heavy atom. The van der Waals surface area contributed by atoms with Crippen LogP contribution in [0.4, 0.5) is 0 Å². The molecule has 0 bridgehead atoms. The molecule has 4 aliphatic carbocycles. The van der Waals surface area contributed by atoms with Gasteiger partial charge in [-0.05, 0) is 143 Å². The Balaban J connectivity index is 1.03. The highest BCUT2D eigenvalue weighted by molar-refractivity contribution is 5.69. The summed E-state index contributed by atoms with van der Waals surface area (Å²) in [7, 11) is 0. The van der Waals surface area contributed by atoms with Crippen LogP contribution in [0.25, 0.3) is 0 Å². The second-order valence-electron chi connectivity index (χ2n) is 17.0. The molecule has 0 amide bonds. The van der Waals surface area contributed by atoms with Crippen molar-refractivity contribution in [1.29, 1.82) is 0 Å². The lowest BCUT2D eigenvalue weighted by molar-refractivity contribution is -0.144. The van der Waals surface area contributed by atoms with Gasteiger partial charge in [-0.1, -0.05) is 97.6 Å². The van der Waals surface area contributed by atoms with Gasteiger partial charge in [-0.2, -0.15) is 0 Å². The highest BCUT2D eigenvalue weighted by Crippen LogP contribution is 2.68. The number of unbranched alkanes of at least 4 members (excludes halogenated alkanes) is 12. The first-order chi connectivity index (χ1) is 21.8. The third-order valence-corrected chi connectivity index (χ3v) is 14.1. The molecule has 0 aromatic rings. The van der Waals surface area contributed by atoms with Crippen LogP contribution in [0.5, 0.6) is 0 Å². The summed E-state index contributed by atoms with van der Waals surface area (Å²) in [6.07, 6.45) is 36.1. The molecule has 45 heavy (non-hydrogen) atoms. The molecule has 4 saturated carbocycles. The average molecular weight is 627 g/mol. The number of ether oxygens (including phenoxy) is 1. The fourth-order valence-corrected chi connectivity index (χ4v) is 11.4. The van der Waals surface area contributed by atoms with Crippen molar-refractivity contribution in [3.05, 3.63) is 12.2 Å². The summed E-state index contributed by atoms with van der Waals surface area (Å²) in [4.78, 5) is 12.6. The Morgan fingerprint density at radius 2 is 1.40 bits per heavy atom. The predicted molar refractivity (Wildman–Crippen MR) is 190 cm³/mol. The van der Waals surface area contributed by atoms with Crippen molar-refractivity contribution in [2.75, 3.05) is 6.61 Å². The van der Waals surface area contributed by atoms with Gasteiger partial charge in [-0.3, -0.25) is 4.79 Å². The Bertz CT molecular complexity index is 881. The summed E-state index contributed by atoms with van der Waals surface area (Å²) in [5, 5.41) is 10.4. The highest BCUT2D eigenvalue weighted by Gasteiger charge is 2.60. The van der Waals surface area contributed by atoms with Gasteiger partial charge in [-0.25, -0.2) is 0 Å². The van der Waals surface area contributed by atoms with E-state index in [0.717, 1.165) is 55.3 Å². The van der Waals surface area contributed by atoms with Crippen molar-refractivity contribution in [1.82, 2.24) is 0 Å². The first-order valence-electron chi connectivity index (χ1n) is 20.3. The van der Waals surface area contributed by atoms with Gasteiger partial charge in [0.15, 0.2) is 0 Å². The molecule has 4 aliphatic rings. The minimum Gasteiger partial charge on any atom is -0.466 e. The smallest absolute Gasteiger partial charge is 0.305 e. The number of hydrogen-bond acceptors (Lipinski definition) is 3. The molecule has 0 spiro atoms. The van der Waals surface area contributed by atoms with E-state index in [2.05, 4.69) is 39.8 Å². The Hall–Kier alpha value is -0.830. The van der Waals surface area contributed by atoms with Crippen LogP contribution in [-0.2, 0) is 9.53 Å². The maximum atomic E-state index is 12.6. The van der Waals surface area contributed by atoms with Crippen molar-refractivity contribution in [3.8, 4) is 0 Å². The third-order valence-electron chi connectivity index (χ3n) is 14.1. The summed E-state index contributed by atoms with van der Waals surface area (Å²) >= 11 is 0. The fourth-order valence-electron chi connectivity index (χ4n) is 11.4. The van der Waals surface area contributed by atoms with Gasteiger partial charge < -0.3 is 9.84 Å². The van der Waals surface area contributed by atoms with E-state index >= 15 is 0 Å². The van der Waals surface area contributed by atoms with E-state index in [1.165, 1.54) is 128 Å². The molecular weight excluding hydrogens is 552 g/mol. The number of esters is 1. The number of aliphatic hydroxyl groups is 1. The van der Waals surface area contributed by atoms with Gasteiger partial charge in [0.2, 0.25) is 0 Å². The van der Waals surface area contributed by atoms with Crippen molar-refractivity contribution < 1.29 is 14.6 Å². The summed E-state index contributed by atoms with van der Waals surface area (Å²) in [6, 6.07) is 0. The number of allylic oxidation sites excluding steroid dienone is 2. The van der Waals surface area contributed by atoms with Crippen molar-refractivity contribution >= 4 is 5.97 Å². The molecule has 260 valence electrons. The standard InChI is InChI=1S/C42H74O3/c1-5-6-7-8-9-10-11-12-13-14-15-16-17-18-19-20-31-45-40(44)26-21-33(2)37-24-25-38-36-23-22-34-32-35(43)27-29-41(34,3)39(36)28-30-42(37,38)4/h12-13,33-39,43H,5-11,14-32H2,1-4H3/b13-12-/t33-,34?,35-,36?,37?,38?,39?,41+,42-/m1/s1. The van der Waals surface area contributed by atoms with Crippen LogP contribution in [-0.4, -0.2) is 23.8 Å². The second-order valence-corrected chi connectivity index (χ2v) is 17.0. The molecule has 0 aromatic heterocycles. The monoisotopic (exact) mass is 627 g/mol. The van der Waals surface area contributed by atoms with Gasteiger partial charge in [0.05, 0.1) is 12.7 Å². The minimum atomic E-state index is -0.0520. The molecule has 3 nitrogen and oxygen atoms in total. The van der Waals surface area contributed by atoms with Crippen LogP contribution in [0.15, 0.2) is 12.2 Å². The lowest BCUT2D eigenvalue weighted by Gasteiger charge is -2.61. The van der Waals surface area contributed by atoms with Gasteiger partial charge in [0.25, 0.3) is 0 Å². The first kappa shape index (κ1) is 37.0. The molecule has 0 aromatic carbocycles. The number of hydrogen-bond donors (Lipinski definition) is 1. The zero-order valence-electron chi connectivity index (χ0n) is 30.3. The number of aliphatic hydroxyl groups excluding tert-OH is 1. The van der Waals surface area contributed by atoms with Crippen LogP contribution >= 0.6 is 0 Å². The van der Waals surface area contributed by atoms with Crippen LogP contribution < -0.4 is 0 Å². The first-order valence-corrected chi connectivity index (χ1v) is 20.3. The zero-order chi connectivity index (χ0) is 32.1. The Kier molecular flexibility index (Phi) is 15.3. The number of carbonyl (C=O) groups excluding carboxylic acids is 1. The Labute approximate surface area is 279 Å². The van der Waals surface area contributed by atoms with Crippen molar-refractivity contribution in [2.24, 2.45) is 46.3 Å². The quantitative estimate of drug-likeness (QED) is 0.0830. The fraction of sp³-hybridized carbons (Fsp3) is 0.929. The minimum absolute atomic E-state index is 0.0312. The van der Waals surface area contributed by atoms with Crippen molar-refractivity contribution in [3.63, 3.8) is 0 Å². The van der Waals surface area contributed by atoms with Gasteiger partial charge in [0.1, 0.15) is 0 Å². The SMILES string of the molecule is CCCCCCCC/C=C\CCCCCCCCOC(=O)CC[C@@H](C)C1CCC2C3CCC4C[C@H](O)CC[C@]4(C)C3CC[C@@]21C. The molecule has 5 unspecified atom stereocenters. The molecule has 0 radical (unpaired) electrons. The molecule has 0 aliphatic heterocycles. The zero-order valence-corrected chi connectivity index (χ0v) is 30.3. The van der Waals surface area contributed by atoms with E-state index in [9.17, 15) is 9.90 Å². The van der Waals surface area contributed by atoms with E-state index in [1.807, 2.05) is 0 Å². The van der Waals surface area contributed by atoms with Crippen LogP contribution in [0.1, 0.15) is 188 Å². The maximum Gasteiger partial charge on any atom is 0.305 e. The molecule has 0 saturated heterocycles. The second kappa shape index (κ2) is 18.6. The van der Waals surface area contributed by atoms with Gasteiger partial charge in [-0.15, -0.1) is 0 Å². The largest absolute Gasteiger partial charge is 0.466 e. The summed E-state index contributed by atoms with van der Waals surface area (Å²) in [5.41, 5.74) is 0.909. The van der Waals surface area contributed by atoms with E-state index in [0.29, 0.717) is 29.8 Å². The van der Waals surface area contributed by atoms with E-state index in [4.69, 9.17) is 4.74 Å². The predicted octanol–water partition coefficient (Wildman–Crippen LogP) is 12.0. The third kappa shape index (κ3) is 10.1. The van der Waals surface area contributed by atoms with Crippen LogP contribution in [0, 0.1) is 46.3 Å². The average Bonchev–Trinajstić information content (AvgIpc) is 3.39. The van der Waals surface area contributed by atoms with Crippen LogP contribution in [0.3, 0.4) is 0 Å². The Morgan fingerprint density at radius 3 is 2.11 bits per heavy atom. The highest BCUT2D eigenvalue weighted by atomic mass is 16.5. The molecule has 1 N–H and O–H groups in total. The topological polar surface area (TPSA) is 46.5 Å². The van der Waals surface area contributed by atoms with Crippen LogP contribution in [0.2, 0.25) is 0 Å². The summed E-state index contributed by atoms with van der Waals surface area (Å²) < 4.78 is 5.68. The number of carbonyl (C=O) groups is 1. The lowest BCUT2D eigenvalue weighted by atomic mass is 9.44. The molecule has 3 heteroatoms. The van der Waals surface area contributed by atoms with E-state index < -0.39 is 0 Å². The summed E-state index contributed by atoms with van der Waals surface area (Å²) in [6.45, 7) is 10.6. The molecule has 4 fully saturated rings. The van der Waals surface area contributed by atoms with Gasteiger partial charge in [0, 0.05) is 6.42 Å². The molecule has 4 rings (SSSR count). The number of fused-ring (bicyclic) bond motifs is 5. The van der Waals surface area contributed by atoms with E-state index in [1.54, 1.807) is 0 Å². The number of rotatable bonds is 20. The van der Waals surface area contributed by atoms with E-state index in [-0.39, 0.29) is 12.1 Å². The molecular formula is C42H74O3. The van der Waals surface area contributed by atoms with Crippen molar-refractivity contribution in [2.45, 2.75) is 194 Å². The van der Waals surface area contributed by atoms with Gasteiger partial charge >= 0.3 is 5.97 Å². The molecule has 0 heterocycles.